The van der Waals surface area contributed by atoms with E-state index in [0.29, 0.717) is 12.1 Å². The summed E-state index contributed by atoms with van der Waals surface area (Å²) < 4.78 is 0. The molecular weight excluding hydrogens is 258 g/mol. The predicted molar refractivity (Wildman–Crippen MR) is 74.0 cm³/mol. The average Bonchev–Trinajstić information content (AvgIpc) is 2.56. The molecule has 2 aromatic carbocycles. The van der Waals surface area contributed by atoms with Crippen molar-refractivity contribution in [2.75, 3.05) is 0 Å². The van der Waals surface area contributed by atoms with Gasteiger partial charge in [-0.2, -0.15) is 0 Å². The van der Waals surface area contributed by atoms with Crippen LogP contribution >= 0.6 is 11.8 Å². The summed E-state index contributed by atoms with van der Waals surface area (Å²) in [5, 5.41) is 19.5. The molecule has 0 saturated heterocycles. The molecule has 3 rings (SSSR count). The van der Waals surface area contributed by atoms with Gasteiger partial charge < -0.3 is 10.2 Å². The Morgan fingerprint density at radius 3 is 2.68 bits per heavy atom. The summed E-state index contributed by atoms with van der Waals surface area (Å²) in [6.45, 7) is 7.05. The fourth-order valence-electron chi connectivity index (χ4n) is 2.27. The van der Waals surface area contributed by atoms with Crippen molar-refractivity contribution < 1.29 is 10.2 Å². The molecule has 3 nitrogen and oxygen atoms in total. The molecule has 0 saturated carbocycles. The van der Waals surface area contributed by atoms with Gasteiger partial charge in [-0.05, 0) is 24.5 Å². The van der Waals surface area contributed by atoms with Crippen LogP contribution in [0.1, 0.15) is 11.1 Å². The lowest BCUT2D eigenvalue weighted by Gasteiger charge is -2.08. The van der Waals surface area contributed by atoms with E-state index in [1.165, 1.54) is 17.8 Å². The lowest BCUT2D eigenvalue weighted by molar-refractivity contribution is 0.442. The molecule has 1 aliphatic rings. The van der Waals surface area contributed by atoms with Crippen molar-refractivity contribution in [1.82, 2.24) is 0 Å². The molecule has 19 heavy (non-hydrogen) atoms. The van der Waals surface area contributed by atoms with Crippen molar-refractivity contribution in [1.29, 1.82) is 0 Å². The fraction of sp³-hybridized carbons (Fsp3) is 0.133. The van der Waals surface area contributed by atoms with Gasteiger partial charge >= 0.3 is 0 Å². The number of benzene rings is 2. The highest BCUT2D eigenvalue weighted by molar-refractivity contribution is 7.99. The lowest BCUT2D eigenvalue weighted by Crippen LogP contribution is -1.91. The van der Waals surface area contributed by atoms with Crippen LogP contribution < -0.4 is 0 Å². The van der Waals surface area contributed by atoms with Gasteiger partial charge in [0.05, 0.1) is 6.57 Å². The van der Waals surface area contributed by atoms with E-state index in [9.17, 15) is 10.2 Å². The topological polar surface area (TPSA) is 44.8 Å². The minimum Gasteiger partial charge on any atom is -0.508 e. The van der Waals surface area contributed by atoms with Gasteiger partial charge in [0.15, 0.2) is 5.69 Å². The molecule has 4 heteroatoms. The van der Waals surface area contributed by atoms with E-state index in [2.05, 4.69) is 4.85 Å². The van der Waals surface area contributed by atoms with Crippen LogP contribution in [0, 0.1) is 6.57 Å². The fourth-order valence-corrected chi connectivity index (χ4v) is 3.44. The minimum absolute atomic E-state index is 0.0741. The van der Waals surface area contributed by atoms with Crippen LogP contribution in [0.4, 0.5) is 5.69 Å². The highest BCUT2D eigenvalue weighted by atomic mass is 32.2. The minimum atomic E-state index is 0.0741. The largest absolute Gasteiger partial charge is 0.508 e. The first-order valence-corrected chi connectivity index (χ1v) is 6.72. The normalized spacial score (nSPS) is 13.0. The van der Waals surface area contributed by atoms with Crippen molar-refractivity contribution in [2.45, 2.75) is 22.6 Å². The zero-order chi connectivity index (χ0) is 13.4. The van der Waals surface area contributed by atoms with Crippen LogP contribution in [0.25, 0.3) is 4.85 Å². The van der Waals surface area contributed by atoms with Crippen molar-refractivity contribution in [3.63, 3.8) is 0 Å². The molecule has 1 aliphatic heterocycles. The number of aromatic hydroxyl groups is 2. The molecule has 0 aliphatic carbocycles. The van der Waals surface area contributed by atoms with Crippen molar-refractivity contribution in [3.05, 3.63) is 52.9 Å². The standard InChI is InChI=1S/C15H11NO2S/c1-16-10-3-5-14-9(6-10)2-4-12-13(18)7-11(17)8-15(12)19-14/h3,5-8,17-18H,2,4H2. The van der Waals surface area contributed by atoms with Crippen LogP contribution in [0.5, 0.6) is 11.5 Å². The number of phenolic OH excluding ortho intramolecular Hbond substituents is 2. The molecule has 2 aromatic rings. The Hall–Kier alpha value is -2.12. The van der Waals surface area contributed by atoms with E-state index < -0.39 is 0 Å². The molecule has 0 spiro atoms. The van der Waals surface area contributed by atoms with Gasteiger partial charge in [-0.1, -0.05) is 30.0 Å². The van der Waals surface area contributed by atoms with E-state index in [0.717, 1.165) is 27.3 Å². The molecule has 0 amide bonds. The number of phenols is 2. The van der Waals surface area contributed by atoms with Gasteiger partial charge in [-0.25, -0.2) is 4.85 Å². The van der Waals surface area contributed by atoms with Gasteiger partial charge in [0.25, 0.3) is 0 Å². The van der Waals surface area contributed by atoms with Gasteiger partial charge in [0.1, 0.15) is 11.5 Å². The summed E-state index contributed by atoms with van der Waals surface area (Å²) in [5.74, 6) is 0.214. The van der Waals surface area contributed by atoms with Crippen LogP contribution in [0.15, 0.2) is 40.1 Å². The Bertz CT molecular complexity index is 704. The van der Waals surface area contributed by atoms with E-state index in [-0.39, 0.29) is 11.5 Å². The van der Waals surface area contributed by atoms with Crippen LogP contribution in [-0.4, -0.2) is 10.2 Å². The van der Waals surface area contributed by atoms with E-state index >= 15 is 0 Å². The van der Waals surface area contributed by atoms with Crippen molar-refractivity contribution in [3.8, 4) is 11.5 Å². The van der Waals surface area contributed by atoms with Crippen molar-refractivity contribution >= 4 is 17.4 Å². The highest BCUT2D eigenvalue weighted by Crippen LogP contribution is 2.42. The van der Waals surface area contributed by atoms with Gasteiger partial charge in [-0.3, -0.25) is 0 Å². The molecular formula is C15H11NO2S. The third-order valence-electron chi connectivity index (χ3n) is 3.21. The lowest BCUT2D eigenvalue weighted by atomic mass is 10.0. The maximum absolute atomic E-state index is 9.92. The molecule has 2 N–H and O–H groups in total. The Morgan fingerprint density at radius 1 is 1.05 bits per heavy atom. The second kappa shape index (κ2) is 4.52. The smallest absolute Gasteiger partial charge is 0.187 e. The Kier molecular flexibility index (Phi) is 2.84. The maximum Gasteiger partial charge on any atom is 0.187 e. The molecule has 0 unspecified atom stereocenters. The second-order valence-electron chi connectivity index (χ2n) is 4.45. The summed E-state index contributed by atoms with van der Waals surface area (Å²) in [7, 11) is 0. The summed E-state index contributed by atoms with van der Waals surface area (Å²) in [4.78, 5) is 5.40. The number of hydrogen-bond donors (Lipinski definition) is 2. The first-order valence-electron chi connectivity index (χ1n) is 5.90. The maximum atomic E-state index is 9.92. The number of nitrogens with zero attached hydrogens (tertiary/aromatic N) is 1. The third-order valence-corrected chi connectivity index (χ3v) is 4.41. The molecule has 0 atom stereocenters. The van der Waals surface area contributed by atoms with Crippen LogP contribution in [0.3, 0.4) is 0 Å². The summed E-state index contributed by atoms with van der Waals surface area (Å²) >= 11 is 1.53. The predicted octanol–water partition coefficient (Wildman–Crippen LogP) is 3.90. The molecule has 0 radical (unpaired) electrons. The van der Waals surface area contributed by atoms with Crippen LogP contribution in [-0.2, 0) is 12.8 Å². The average molecular weight is 269 g/mol. The number of fused-ring (bicyclic) bond motifs is 2. The summed E-state index contributed by atoms with van der Waals surface area (Å²) in [6, 6.07) is 8.69. The highest BCUT2D eigenvalue weighted by Gasteiger charge is 2.18. The third kappa shape index (κ3) is 2.13. The molecule has 0 bridgehead atoms. The SMILES string of the molecule is [C-]#[N+]c1ccc2c(c1)CCc1c(O)cc(O)cc1S2. The first-order chi connectivity index (χ1) is 9.17. The van der Waals surface area contributed by atoms with Crippen LogP contribution in [0.2, 0.25) is 0 Å². The summed E-state index contributed by atoms with van der Waals surface area (Å²) in [5.41, 5.74) is 2.62. The van der Waals surface area contributed by atoms with E-state index in [4.69, 9.17) is 6.57 Å². The number of hydrogen-bond acceptors (Lipinski definition) is 3. The van der Waals surface area contributed by atoms with Gasteiger partial charge in [0.2, 0.25) is 0 Å². The Labute approximate surface area is 115 Å². The van der Waals surface area contributed by atoms with Gasteiger partial charge in [-0.15, -0.1) is 0 Å². The molecule has 0 fully saturated rings. The van der Waals surface area contributed by atoms with Crippen molar-refractivity contribution in [2.24, 2.45) is 0 Å². The zero-order valence-corrected chi connectivity index (χ0v) is 10.9. The quantitative estimate of drug-likeness (QED) is 0.713. The Morgan fingerprint density at radius 2 is 1.89 bits per heavy atom. The molecule has 94 valence electrons. The monoisotopic (exact) mass is 269 g/mol. The second-order valence-corrected chi connectivity index (χ2v) is 5.53. The molecule has 1 heterocycles. The zero-order valence-electron chi connectivity index (χ0n) is 10.1. The Balaban J connectivity index is 2.10. The van der Waals surface area contributed by atoms with E-state index in [1.54, 1.807) is 12.1 Å². The van der Waals surface area contributed by atoms with Gasteiger partial charge in [0, 0.05) is 21.4 Å². The van der Waals surface area contributed by atoms with E-state index in [1.807, 2.05) is 12.1 Å². The summed E-state index contributed by atoms with van der Waals surface area (Å²) in [6.07, 6.45) is 1.50. The molecule has 0 aromatic heterocycles. The number of rotatable bonds is 0. The number of aryl methyl sites for hydroxylation is 1. The first kappa shape index (κ1) is 11.9.